The molecular weight excluding hydrogens is 452 g/mol. The van der Waals surface area contributed by atoms with E-state index >= 15 is 0 Å². The second kappa shape index (κ2) is 7.51. The molecule has 5 nitrogen and oxygen atoms in total. The molecule has 1 aliphatic carbocycles. The molecule has 0 radical (unpaired) electrons. The van der Waals surface area contributed by atoms with E-state index in [9.17, 15) is 9.90 Å². The summed E-state index contributed by atoms with van der Waals surface area (Å²) in [4.78, 5) is 14.3. The zero-order chi connectivity index (χ0) is 20.9. The quantitative estimate of drug-likeness (QED) is 0.535. The van der Waals surface area contributed by atoms with Crippen LogP contribution in [0.4, 0.5) is 5.00 Å². The lowest BCUT2D eigenvalue weighted by atomic mass is 9.72. The van der Waals surface area contributed by atoms with Crippen molar-refractivity contribution in [2.24, 2.45) is 11.3 Å². The van der Waals surface area contributed by atoms with E-state index in [0.717, 1.165) is 34.3 Å². The van der Waals surface area contributed by atoms with Crippen molar-refractivity contribution in [3.8, 4) is 11.5 Å². The Morgan fingerprint density at radius 3 is 2.76 bits per heavy atom. The highest BCUT2D eigenvalue weighted by Crippen LogP contribution is 2.47. The number of thiophene rings is 1. The number of halogens is 1. The van der Waals surface area contributed by atoms with Gasteiger partial charge in [0.05, 0.1) is 12.2 Å². The summed E-state index contributed by atoms with van der Waals surface area (Å²) < 4.78 is 6.32. The van der Waals surface area contributed by atoms with Gasteiger partial charge in [-0.2, -0.15) is 0 Å². The molecule has 1 aliphatic heterocycles. The van der Waals surface area contributed by atoms with Gasteiger partial charge in [-0.3, -0.25) is 4.79 Å². The first kappa shape index (κ1) is 20.5. The van der Waals surface area contributed by atoms with Crippen molar-refractivity contribution in [2.45, 2.75) is 53.1 Å². The van der Waals surface area contributed by atoms with Gasteiger partial charge < -0.3 is 20.5 Å². The molecule has 3 N–H and O–H groups in total. The molecule has 0 spiro atoms. The predicted molar refractivity (Wildman–Crippen MR) is 120 cm³/mol. The Morgan fingerprint density at radius 2 is 2.07 bits per heavy atom. The summed E-state index contributed by atoms with van der Waals surface area (Å²) in [5.74, 6) is 0.993. The van der Waals surface area contributed by atoms with Gasteiger partial charge in [0.25, 0.3) is 5.91 Å². The molecule has 1 aromatic carbocycles. The lowest BCUT2D eigenvalue weighted by molar-refractivity contribution is 0.0934. The van der Waals surface area contributed by atoms with Crippen LogP contribution in [0.5, 0.6) is 11.5 Å². The first-order valence-electron chi connectivity index (χ1n) is 10.1. The summed E-state index contributed by atoms with van der Waals surface area (Å²) in [5.41, 5.74) is 2.83. The van der Waals surface area contributed by atoms with E-state index in [-0.39, 0.29) is 17.1 Å². The molecule has 2 aliphatic rings. The molecule has 2 heterocycles. The molecule has 7 heteroatoms. The fourth-order valence-corrected chi connectivity index (χ4v) is 6.08. The highest BCUT2D eigenvalue weighted by Gasteiger charge is 2.37. The van der Waals surface area contributed by atoms with Crippen LogP contribution in [-0.2, 0) is 12.8 Å². The third kappa shape index (κ3) is 3.75. The number of hydrogen-bond acceptors (Lipinski definition) is 5. The van der Waals surface area contributed by atoms with E-state index in [4.69, 9.17) is 4.74 Å². The number of ether oxygens (including phenoxy) is 1. The molecule has 1 aromatic heterocycles. The van der Waals surface area contributed by atoms with Crippen LogP contribution in [0.1, 0.15) is 66.6 Å². The van der Waals surface area contributed by atoms with Gasteiger partial charge in [-0.15, -0.1) is 11.3 Å². The standard InChI is InChI=1S/C22H27BrN2O3S/c1-5-28-15-10-12(23)9-14(18(15)26)19-24-20(27)17-13-7-6-11(22(2,3)4)8-16(13)29-21(17)25-19/h9-11,19,25-26H,5-8H2,1-4H3,(H,24,27). The van der Waals surface area contributed by atoms with E-state index in [0.29, 0.717) is 23.8 Å². The van der Waals surface area contributed by atoms with Crippen molar-refractivity contribution in [3.05, 3.63) is 38.2 Å². The number of anilines is 1. The van der Waals surface area contributed by atoms with Crippen molar-refractivity contribution >= 4 is 38.2 Å². The molecule has 2 aromatic rings. The number of fused-ring (bicyclic) bond motifs is 3. The van der Waals surface area contributed by atoms with E-state index < -0.39 is 6.17 Å². The summed E-state index contributed by atoms with van der Waals surface area (Å²) in [6, 6.07) is 3.54. The Bertz CT molecular complexity index is 964. The van der Waals surface area contributed by atoms with Crippen LogP contribution in [0, 0.1) is 11.3 Å². The minimum Gasteiger partial charge on any atom is -0.504 e. The van der Waals surface area contributed by atoms with Crippen LogP contribution >= 0.6 is 27.3 Å². The topological polar surface area (TPSA) is 70.6 Å². The summed E-state index contributed by atoms with van der Waals surface area (Å²) >= 11 is 5.16. The Labute approximate surface area is 184 Å². The molecule has 1 amide bonds. The average Bonchev–Trinajstić information content (AvgIpc) is 3.01. The van der Waals surface area contributed by atoms with E-state index in [1.54, 1.807) is 17.4 Å². The maximum Gasteiger partial charge on any atom is 0.256 e. The van der Waals surface area contributed by atoms with Crippen LogP contribution in [0.3, 0.4) is 0 Å². The van der Waals surface area contributed by atoms with Gasteiger partial charge in [0.15, 0.2) is 11.5 Å². The maximum atomic E-state index is 13.0. The fraction of sp³-hybridized carbons (Fsp3) is 0.500. The number of nitrogens with one attached hydrogen (secondary N) is 2. The zero-order valence-electron chi connectivity index (χ0n) is 17.2. The number of carbonyl (C=O) groups is 1. The first-order valence-corrected chi connectivity index (χ1v) is 11.7. The van der Waals surface area contributed by atoms with Crippen molar-refractivity contribution < 1.29 is 14.6 Å². The van der Waals surface area contributed by atoms with Crippen LogP contribution < -0.4 is 15.4 Å². The van der Waals surface area contributed by atoms with Crippen LogP contribution in [-0.4, -0.2) is 17.6 Å². The summed E-state index contributed by atoms with van der Waals surface area (Å²) in [6.07, 6.45) is 2.57. The summed E-state index contributed by atoms with van der Waals surface area (Å²) in [5, 5.41) is 18.0. The van der Waals surface area contributed by atoms with Crippen molar-refractivity contribution in [3.63, 3.8) is 0 Å². The molecule has 0 saturated heterocycles. The van der Waals surface area contributed by atoms with Crippen molar-refractivity contribution in [2.75, 3.05) is 11.9 Å². The number of amides is 1. The van der Waals surface area contributed by atoms with Crippen molar-refractivity contribution in [1.29, 1.82) is 0 Å². The van der Waals surface area contributed by atoms with E-state index in [1.165, 1.54) is 10.4 Å². The Morgan fingerprint density at radius 1 is 1.31 bits per heavy atom. The average molecular weight is 479 g/mol. The van der Waals surface area contributed by atoms with Crippen LogP contribution in [0.2, 0.25) is 0 Å². The SMILES string of the molecule is CCOc1cc(Br)cc(C2NC(=O)c3c(sc4c3CCC(C(C)(C)C)C4)N2)c1O. The molecule has 29 heavy (non-hydrogen) atoms. The highest BCUT2D eigenvalue weighted by atomic mass is 79.9. The minimum absolute atomic E-state index is 0.0467. The largest absolute Gasteiger partial charge is 0.504 e. The predicted octanol–water partition coefficient (Wildman–Crippen LogP) is 5.62. The molecule has 2 atom stereocenters. The van der Waals surface area contributed by atoms with Crippen LogP contribution in [0.25, 0.3) is 0 Å². The minimum atomic E-state index is -0.509. The third-order valence-electron chi connectivity index (χ3n) is 5.95. The monoisotopic (exact) mass is 478 g/mol. The number of aromatic hydroxyl groups is 1. The zero-order valence-corrected chi connectivity index (χ0v) is 19.6. The van der Waals surface area contributed by atoms with Gasteiger partial charge >= 0.3 is 0 Å². The molecule has 0 saturated carbocycles. The first-order chi connectivity index (χ1) is 13.7. The van der Waals surface area contributed by atoms with Gasteiger partial charge in [-0.05, 0) is 55.2 Å². The van der Waals surface area contributed by atoms with Crippen molar-refractivity contribution in [1.82, 2.24) is 5.32 Å². The molecule has 4 rings (SSSR count). The number of phenolic OH excluding ortho intramolecular Hbond substituents is 1. The number of rotatable bonds is 3. The van der Waals surface area contributed by atoms with E-state index in [1.807, 2.05) is 13.0 Å². The lowest BCUT2D eigenvalue weighted by Crippen LogP contribution is -2.38. The van der Waals surface area contributed by atoms with Gasteiger partial charge in [0.1, 0.15) is 11.2 Å². The Balaban J connectivity index is 1.67. The molecule has 0 bridgehead atoms. The molecule has 156 valence electrons. The third-order valence-corrected chi connectivity index (χ3v) is 7.59. The number of benzene rings is 1. The smallest absolute Gasteiger partial charge is 0.256 e. The summed E-state index contributed by atoms with van der Waals surface area (Å²) in [6.45, 7) is 9.20. The molecular formula is C22H27BrN2O3S. The van der Waals surface area contributed by atoms with Gasteiger partial charge in [-0.25, -0.2) is 0 Å². The maximum absolute atomic E-state index is 13.0. The Hall–Kier alpha value is -1.73. The second-order valence-electron chi connectivity index (χ2n) is 8.84. The number of hydrogen-bond donors (Lipinski definition) is 3. The lowest BCUT2D eigenvalue weighted by Gasteiger charge is -2.34. The number of phenols is 1. The normalized spacial score (nSPS) is 21.1. The number of carbonyl (C=O) groups excluding carboxylic acids is 1. The highest BCUT2D eigenvalue weighted by molar-refractivity contribution is 9.10. The van der Waals surface area contributed by atoms with E-state index in [2.05, 4.69) is 47.3 Å². The molecule has 2 unspecified atom stereocenters. The second-order valence-corrected chi connectivity index (χ2v) is 10.9. The summed E-state index contributed by atoms with van der Waals surface area (Å²) in [7, 11) is 0. The van der Waals surface area contributed by atoms with Gasteiger partial charge in [-0.1, -0.05) is 36.7 Å². The fourth-order valence-electron chi connectivity index (χ4n) is 4.27. The Kier molecular flexibility index (Phi) is 5.32. The van der Waals surface area contributed by atoms with Gasteiger partial charge in [0.2, 0.25) is 0 Å². The van der Waals surface area contributed by atoms with Gasteiger partial charge in [0, 0.05) is 14.9 Å². The van der Waals surface area contributed by atoms with Crippen LogP contribution in [0.15, 0.2) is 16.6 Å². The molecule has 0 fully saturated rings.